The number of rotatable bonds is 2. The molecule has 1 fully saturated rings. The van der Waals surface area contributed by atoms with Crippen LogP contribution in [-0.4, -0.2) is 24.4 Å². The number of alkyl halides is 3. The van der Waals surface area contributed by atoms with Crippen molar-refractivity contribution in [2.24, 2.45) is 0 Å². The van der Waals surface area contributed by atoms with Gasteiger partial charge in [0.1, 0.15) is 5.82 Å². The molecular formula is C10H9F3N2O. The topological polar surface area (TPSA) is 33.2 Å². The average Bonchev–Trinajstić information content (AvgIpc) is 2.13. The van der Waals surface area contributed by atoms with Crippen LogP contribution in [0.2, 0.25) is 0 Å². The molecule has 0 bridgehead atoms. The van der Waals surface area contributed by atoms with Gasteiger partial charge in [0, 0.05) is 24.8 Å². The minimum absolute atomic E-state index is 0.176. The summed E-state index contributed by atoms with van der Waals surface area (Å²) in [4.78, 5) is 16.1. The Hall–Kier alpha value is -1.59. The third kappa shape index (κ3) is 1.87. The number of hydrogen-bond acceptors (Lipinski definition) is 3. The van der Waals surface area contributed by atoms with Gasteiger partial charge in [0.05, 0.1) is 5.56 Å². The van der Waals surface area contributed by atoms with Crippen LogP contribution in [0.3, 0.4) is 0 Å². The number of pyridine rings is 1. The smallest absolute Gasteiger partial charge is 0.356 e. The van der Waals surface area contributed by atoms with Gasteiger partial charge >= 0.3 is 6.18 Å². The molecule has 2 heterocycles. The number of aldehydes is 1. The summed E-state index contributed by atoms with van der Waals surface area (Å²) in [6.45, 7) is 1.43. The average molecular weight is 230 g/mol. The van der Waals surface area contributed by atoms with E-state index in [2.05, 4.69) is 4.98 Å². The first kappa shape index (κ1) is 10.9. The van der Waals surface area contributed by atoms with E-state index in [0.29, 0.717) is 13.1 Å². The van der Waals surface area contributed by atoms with Gasteiger partial charge in [-0.05, 0) is 12.5 Å². The Morgan fingerprint density at radius 1 is 1.38 bits per heavy atom. The summed E-state index contributed by atoms with van der Waals surface area (Å²) in [7, 11) is 0. The van der Waals surface area contributed by atoms with Gasteiger partial charge < -0.3 is 4.90 Å². The summed E-state index contributed by atoms with van der Waals surface area (Å²) in [5, 5.41) is 0. The second kappa shape index (κ2) is 3.77. The van der Waals surface area contributed by atoms with Gasteiger partial charge in [0.2, 0.25) is 0 Å². The minimum Gasteiger partial charge on any atom is -0.356 e. The predicted octanol–water partition coefficient (Wildman–Crippen LogP) is 2.12. The summed E-state index contributed by atoms with van der Waals surface area (Å²) in [6, 6.07) is 0.933. The van der Waals surface area contributed by atoms with Crippen molar-refractivity contribution in [1.29, 1.82) is 0 Å². The maximum atomic E-state index is 12.6. The van der Waals surface area contributed by atoms with E-state index < -0.39 is 17.3 Å². The lowest BCUT2D eigenvalue weighted by atomic mass is 10.1. The number of nitrogens with zero attached hydrogens (tertiary/aromatic N) is 2. The van der Waals surface area contributed by atoms with Crippen LogP contribution in [0, 0.1) is 0 Å². The minimum atomic E-state index is -4.52. The fraction of sp³-hybridized carbons (Fsp3) is 0.400. The van der Waals surface area contributed by atoms with E-state index in [0.717, 1.165) is 18.7 Å². The van der Waals surface area contributed by atoms with Crippen LogP contribution >= 0.6 is 0 Å². The standard InChI is InChI=1S/C10H9F3N2O/c11-10(12,13)8-4-9(15-2-1-3-15)14-5-7(8)6-16/h4-6H,1-3H2. The number of anilines is 1. The van der Waals surface area contributed by atoms with Gasteiger partial charge in [-0.2, -0.15) is 13.2 Å². The lowest BCUT2D eigenvalue weighted by Crippen LogP contribution is -2.37. The van der Waals surface area contributed by atoms with Gasteiger partial charge in [-0.25, -0.2) is 4.98 Å². The highest BCUT2D eigenvalue weighted by molar-refractivity contribution is 5.77. The first-order valence-electron chi connectivity index (χ1n) is 4.80. The predicted molar refractivity (Wildman–Crippen MR) is 51.5 cm³/mol. The molecule has 16 heavy (non-hydrogen) atoms. The first-order chi connectivity index (χ1) is 7.52. The molecular weight excluding hydrogens is 221 g/mol. The summed E-state index contributed by atoms with van der Waals surface area (Å²) in [5.74, 6) is 0.282. The molecule has 1 aromatic heterocycles. The maximum Gasteiger partial charge on any atom is 0.417 e. The first-order valence-corrected chi connectivity index (χ1v) is 4.80. The molecule has 1 aliphatic heterocycles. The molecule has 1 aromatic rings. The fourth-order valence-corrected chi connectivity index (χ4v) is 1.51. The van der Waals surface area contributed by atoms with Gasteiger partial charge in [-0.1, -0.05) is 0 Å². The summed E-state index contributed by atoms with van der Waals surface area (Å²) in [6.07, 6.45) is -2.41. The molecule has 0 atom stereocenters. The molecule has 0 radical (unpaired) electrons. The van der Waals surface area contributed by atoms with Gasteiger partial charge in [-0.15, -0.1) is 0 Å². The molecule has 2 rings (SSSR count). The zero-order valence-corrected chi connectivity index (χ0v) is 8.29. The van der Waals surface area contributed by atoms with E-state index >= 15 is 0 Å². The highest BCUT2D eigenvalue weighted by atomic mass is 19.4. The van der Waals surface area contributed by atoms with Crippen LogP contribution in [0.4, 0.5) is 19.0 Å². The SMILES string of the molecule is O=Cc1cnc(N2CCC2)cc1C(F)(F)F. The van der Waals surface area contributed by atoms with Crippen molar-refractivity contribution in [3.63, 3.8) is 0 Å². The molecule has 0 N–H and O–H groups in total. The molecule has 1 aliphatic rings. The Morgan fingerprint density at radius 3 is 2.50 bits per heavy atom. The highest BCUT2D eigenvalue weighted by Gasteiger charge is 2.34. The molecule has 3 nitrogen and oxygen atoms in total. The molecule has 0 amide bonds. The van der Waals surface area contributed by atoms with E-state index in [-0.39, 0.29) is 12.1 Å². The fourth-order valence-electron chi connectivity index (χ4n) is 1.51. The maximum absolute atomic E-state index is 12.6. The quantitative estimate of drug-likeness (QED) is 0.729. The number of aromatic nitrogens is 1. The highest BCUT2D eigenvalue weighted by Crippen LogP contribution is 2.33. The van der Waals surface area contributed by atoms with Crippen molar-refractivity contribution in [3.05, 3.63) is 23.4 Å². The molecule has 6 heteroatoms. The van der Waals surface area contributed by atoms with Crippen molar-refractivity contribution >= 4 is 12.1 Å². The lowest BCUT2D eigenvalue weighted by Gasteiger charge is -2.32. The van der Waals surface area contributed by atoms with E-state index in [1.807, 2.05) is 0 Å². The Labute approximate surface area is 89.9 Å². The van der Waals surface area contributed by atoms with Crippen molar-refractivity contribution in [2.45, 2.75) is 12.6 Å². The number of carbonyl (C=O) groups excluding carboxylic acids is 1. The van der Waals surface area contributed by atoms with E-state index in [1.54, 1.807) is 4.90 Å². The Bertz CT molecular complexity index is 413. The zero-order valence-electron chi connectivity index (χ0n) is 8.29. The number of halogens is 3. The molecule has 86 valence electrons. The summed E-state index contributed by atoms with van der Waals surface area (Å²) in [5.41, 5.74) is -1.34. The molecule has 0 spiro atoms. The van der Waals surface area contributed by atoms with Crippen molar-refractivity contribution < 1.29 is 18.0 Å². The largest absolute Gasteiger partial charge is 0.417 e. The van der Waals surface area contributed by atoms with Crippen LogP contribution in [-0.2, 0) is 6.18 Å². The monoisotopic (exact) mass is 230 g/mol. The van der Waals surface area contributed by atoms with Crippen LogP contribution in [0.1, 0.15) is 22.3 Å². The number of carbonyl (C=O) groups is 1. The Kier molecular flexibility index (Phi) is 2.57. The lowest BCUT2D eigenvalue weighted by molar-refractivity contribution is -0.137. The van der Waals surface area contributed by atoms with Crippen molar-refractivity contribution in [2.75, 3.05) is 18.0 Å². The third-order valence-corrected chi connectivity index (χ3v) is 2.53. The summed E-state index contributed by atoms with van der Waals surface area (Å²) < 4.78 is 37.8. The molecule has 0 unspecified atom stereocenters. The molecule has 0 aliphatic carbocycles. The van der Waals surface area contributed by atoms with E-state index in [1.165, 1.54) is 0 Å². The number of hydrogen-bond donors (Lipinski definition) is 0. The summed E-state index contributed by atoms with van der Waals surface area (Å²) >= 11 is 0. The van der Waals surface area contributed by atoms with Gasteiger partial charge in [-0.3, -0.25) is 4.79 Å². The molecule has 1 saturated heterocycles. The van der Waals surface area contributed by atoms with E-state index in [4.69, 9.17) is 0 Å². The second-order valence-corrected chi connectivity index (χ2v) is 3.59. The molecule has 0 aromatic carbocycles. The van der Waals surface area contributed by atoms with Crippen LogP contribution in [0.15, 0.2) is 12.3 Å². The third-order valence-electron chi connectivity index (χ3n) is 2.53. The van der Waals surface area contributed by atoms with Crippen molar-refractivity contribution in [3.8, 4) is 0 Å². The van der Waals surface area contributed by atoms with E-state index in [9.17, 15) is 18.0 Å². The molecule has 0 saturated carbocycles. The zero-order chi connectivity index (χ0) is 11.8. The van der Waals surface area contributed by atoms with Crippen LogP contribution in [0.5, 0.6) is 0 Å². The van der Waals surface area contributed by atoms with Crippen molar-refractivity contribution in [1.82, 2.24) is 4.98 Å². The van der Waals surface area contributed by atoms with Crippen LogP contribution < -0.4 is 4.90 Å². The van der Waals surface area contributed by atoms with Gasteiger partial charge in [0.15, 0.2) is 6.29 Å². The Morgan fingerprint density at radius 2 is 2.06 bits per heavy atom. The second-order valence-electron chi connectivity index (χ2n) is 3.59. The van der Waals surface area contributed by atoms with Crippen LogP contribution in [0.25, 0.3) is 0 Å². The normalized spacial score (nSPS) is 15.8. The Balaban J connectivity index is 2.42. The van der Waals surface area contributed by atoms with Gasteiger partial charge in [0.25, 0.3) is 0 Å².